The van der Waals surface area contributed by atoms with Crippen molar-refractivity contribution < 1.29 is 14.4 Å². The number of carbonyl (C=O) groups excluding carboxylic acids is 3. The molecule has 2 atom stereocenters. The molecule has 1 aliphatic carbocycles. The van der Waals surface area contributed by atoms with Crippen LogP contribution in [0.1, 0.15) is 45.4 Å². The van der Waals surface area contributed by atoms with E-state index in [-0.39, 0.29) is 17.6 Å². The molecule has 94 valence electrons. The second-order valence-electron chi connectivity index (χ2n) is 4.92. The van der Waals surface area contributed by atoms with Gasteiger partial charge in [0.05, 0.1) is 0 Å². The first-order valence-electron chi connectivity index (χ1n) is 6.24. The van der Waals surface area contributed by atoms with Crippen molar-refractivity contribution in [1.82, 2.24) is 10.6 Å². The molecule has 1 heterocycles. The van der Waals surface area contributed by atoms with Gasteiger partial charge in [0.25, 0.3) is 5.91 Å². The van der Waals surface area contributed by atoms with Crippen LogP contribution in [0.15, 0.2) is 0 Å². The Hall–Kier alpha value is -1.39. The highest BCUT2D eigenvalue weighted by Crippen LogP contribution is 2.38. The zero-order chi connectivity index (χ0) is 12.5. The van der Waals surface area contributed by atoms with Gasteiger partial charge in [0, 0.05) is 12.8 Å². The van der Waals surface area contributed by atoms with E-state index >= 15 is 0 Å². The third-order valence-electron chi connectivity index (χ3n) is 3.91. The lowest BCUT2D eigenvalue weighted by Crippen LogP contribution is -2.55. The lowest BCUT2D eigenvalue weighted by Gasteiger charge is -2.38. The van der Waals surface area contributed by atoms with Gasteiger partial charge in [0.15, 0.2) is 0 Å². The second-order valence-corrected chi connectivity index (χ2v) is 4.92. The molecule has 0 aromatic carbocycles. The largest absolute Gasteiger partial charge is 0.323 e. The molecular formula is C12H18N2O3. The van der Waals surface area contributed by atoms with E-state index < -0.39 is 11.6 Å². The molecule has 2 aliphatic rings. The van der Waals surface area contributed by atoms with Gasteiger partial charge in [-0.05, 0) is 18.8 Å². The molecule has 1 spiro atoms. The van der Waals surface area contributed by atoms with Gasteiger partial charge in [-0.3, -0.25) is 14.9 Å². The van der Waals surface area contributed by atoms with Gasteiger partial charge >= 0.3 is 6.03 Å². The van der Waals surface area contributed by atoms with Crippen molar-refractivity contribution in [2.45, 2.75) is 51.0 Å². The van der Waals surface area contributed by atoms with Crippen molar-refractivity contribution in [2.75, 3.05) is 0 Å². The van der Waals surface area contributed by atoms with Crippen LogP contribution in [-0.2, 0) is 9.59 Å². The van der Waals surface area contributed by atoms with Gasteiger partial charge in [-0.1, -0.05) is 19.8 Å². The molecule has 2 fully saturated rings. The molecule has 1 aliphatic heterocycles. The van der Waals surface area contributed by atoms with Gasteiger partial charge in [0.2, 0.25) is 0 Å². The molecule has 17 heavy (non-hydrogen) atoms. The van der Waals surface area contributed by atoms with Crippen molar-refractivity contribution in [2.24, 2.45) is 5.92 Å². The van der Waals surface area contributed by atoms with Crippen LogP contribution in [0.2, 0.25) is 0 Å². The lowest BCUT2D eigenvalue weighted by atomic mass is 9.70. The molecule has 3 amide bonds. The molecule has 5 heteroatoms. The second kappa shape index (κ2) is 4.47. The molecule has 1 saturated heterocycles. The van der Waals surface area contributed by atoms with E-state index in [0.29, 0.717) is 19.3 Å². The molecule has 2 rings (SSSR count). The topological polar surface area (TPSA) is 75.3 Å². The summed E-state index contributed by atoms with van der Waals surface area (Å²) in [6.45, 7) is 1.82. The molecule has 0 aromatic heterocycles. The Labute approximate surface area is 100 Å². The normalized spacial score (nSPS) is 32.4. The first kappa shape index (κ1) is 12.1. The van der Waals surface area contributed by atoms with Crippen LogP contribution in [0.25, 0.3) is 0 Å². The van der Waals surface area contributed by atoms with Crippen molar-refractivity contribution in [1.29, 1.82) is 0 Å². The first-order chi connectivity index (χ1) is 8.08. The van der Waals surface area contributed by atoms with E-state index in [4.69, 9.17) is 0 Å². The number of hydrogen-bond donors (Lipinski definition) is 2. The average Bonchev–Trinajstić information content (AvgIpc) is 2.58. The van der Waals surface area contributed by atoms with Gasteiger partial charge < -0.3 is 5.32 Å². The standard InChI is InChI=1S/C12H18N2O3/c1-2-9(15)7-8-5-3-4-6-12(8)10(16)13-11(17)14-12/h8H,2-7H2,1H3,(H2,13,14,16,17). The zero-order valence-electron chi connectivity index (χ0n) is 10.0. The highest BCUT2D eigenvalue weighted by molar-refractivity contribution is 6.07. The third kappa shape index (κ3) is 2.06. The maximum atomic E-state index is 11.9. The number of amides is 3. The van der Waals surface area contributed by atoms with E-state index in [1.165, 1.54) is 0 Å². The quantitative estimate of drug-likeness (QED) is 0.723. The molecule has 0 radical (unpaired) electrons. The summed E-state index contributed by atoms with van der Waals surface area (Å²) in [5.74, 6) is -0.142. The Morgan fingerprint density at radius 3 is 2.76 bits per heavy atom. The summed E-state index contributed by atoms with van der Waals surface area (Å²) in [6, 6.07) is -0.425. The lowest BCUT2D eigenvalue weighted by molar-refractivity contribution is -0.128. The number of rotatable bonds is 3. The highest BCUT2D eigenvalue weighted by Gasteiger charge is 2.52. The van der Waals surface area contributed by atoms with Crippen LogP contribution in [-0.4, -0.2) is 23.3 Å². The Kier molecular flexibility index (Phi) is 3.17. The number of urea groups is 1. The summed E-state index contributed by atoms with van der Waals surface area (Å²) >= 11 is 0. The number of carbonyl (C=O) groups is 3. The summed E-state index contributed by atoms with van der Waals surface area (Å²) in [4.78, 5) is 34.8. The SMILES string of the molecule is CCC(=O)CC1CCCCC12NC(=O)NC2=O. The monoisotopic (exact) mass is 238 g/mol. The summed E-state index contributed by atoms with van der Waals surface area (Å²) < 4.78 is 0. The smallest absolute Gasteiger partial charge is 0.322 e. The fraction of sp³-hybridized carbons (Fsp3) is 0.750. The van der Waals surface area contributed by atoms with Crippen molar-refractivity contribution in [3.8, 4) is 0 Å². The van der Waals surface area contributed by atoms with Gasteiger partial charge in [-0.25, -0.2) is 4.79 Å². The number of nitrogens with one attached hydrogen (secondary N) is 2. The fourth-order valence-corrected chi connectivity index (χ4v) is 2.91. The van der Waals surface area contributed by atoms with E-state index in [1.807, 2.05) is 6.92 Å². The van der Waals surface area contributed by atoms with Gasteiger partial charge in [-0.15, -0.1) is 0 Å². The minimum absolute atomic E-state index is 0.0462. The minimum atomic E-state index is -0.819. The first-order valence-corrected chi connectivity index (χ1v) is 6.24. The number of hydrogen-bond acceptors (Lipinski definition) is 3. The van der Waals surface area contributed by atoms with Crippen LogP contribution in [0.5, 0.6) is 0 Å². The predicted octanol–water partition coefficient (Wildman–Crippen LogP) is 1.12. The molecule has 5 nitrogen and oxygen atoms in total. The third-order valence-corrected chi connectivity index (χ3v) is 3.91. The van der Waals surface area contributed by atoms with E-state index in [0.717, 1.165) is 19.3 Å². The zero-order valence-corrected chi connectivity index (χ0v) is 10.0. The summed E-state index contributed by atoms with van der Waals surface area (Å²) in [5, 5.41) is 5.05. The van der Waals surface area contributed by atoms with E-state index in [2.05, 4.69) is 10.6 Å². The molecular weight excluding hydrogens is 220 g/mol. The Bertz CT molecular complexity index is 367. The molecule has 2 N–H and O–H groups in total. The van der Waals surface area contributed by atoms with Crippen LogP contribution in [0.3, 0.4) is 0 Å². The summed E-state index contributed by atoms with van der Waals surface area (Å²) in [5.41, 5.74) is -0.819. The van der Waals surface area contributed by atoms with Gasteiger partial charge in [-0.2, -0.15) is 0 Å². The maximum Gasteiger partial charge on any atom is 0.322 e. The van der Waals surface area contributed by atoms with Crippen molar-refractivity contribution in [3.05, 3.63) is 0 Å². The predicted molar refractivity (Wildman–Crippen MR) is 61.3 cm³/mol. The van der Waals surface area contributed by atoms with Crippen LogP contribution in [0.4, 0.5) is 4.79 Å². The highest BCUT2D eigenvalue weighted by atomic mass is 16.2. The minimum Gasteiger partial charge on any atom is -0.323 e. The Morgan fingerprint density at radius 2 is 2.18 bits per heavy atom. The number of Topliss-reactive ketones (excluding diaryl/α,β-unsaturated/α-hetero) is 1. The number of ketones is 1. The van der Waals surface area contributed by atoms with E-state index in [9.17, 15) is 14.4 Å². The Balaban J connectivity index is 2.19. The van der Waals surface area contributed by atoms with Crippen LogP contribution < -0.4 is 10.6 Å². The molecule has 1 saturated carbocycles. The molecule has 0 aromatic rings. The number of imide groups is 1. The van der Waals surface area contributed by atoms with Crippen molar-refractivity contribution >= 4 is 17.7 Å². The maximum absolute atomic E-state index is 11.9. The van der Waals surface area contributed by atoms with Gasteiger partial charge in [0.1, 0.15) is 11.3 Å². The Morgan fingerprint density at radius 1 is 1.41 bits per heavy atom. The van der Waals surface area contributed by atoms with Crippen LogP contribution >= 0.6 is 0 Å². The van der Waals surface area contributed by atoms with E-state index in [1.54, 1.807) is 0 Å². The summed E-state index contributed by atoms with van der Waals surface area (Å²) in [7, 11) is 0. The van der Waals surface area contributed by atoms with Crippen LogP contribution in [0, 0.1) is 5.92 Å². The van der Waals surface area contributed by atoms with Crippen molar-refractivity contribution in [3.63, 3.8) is 0 Å². The fourth-order valence-electron chi connectivity index (χ4n) is 2.91. The average molecular weight is 238 g/mol. The summed E-state index contributed by atoms with van der Waals surface area (Å²) in [6.07, 6.45) is 4.30. The molecule has 0 bridgehead atoms. The molecule has 2 unspecified atom stereocenters.